The van der Waals surface area contributed by atoms with Crippen LogP contribution in [0.2, 0.25) is 0 Å². The number of nitrogens with zero attached hydrogens (tertiary/aromatic N) is 2. The van der Waals surface area contributed by atoms with Gasteiger partial charge in [0.05, 0.1) is 7.11 Å². The molecule has 1 saturated carbocycles. The highest BCUT2D eigenvalue weighted by molar-refractivity contribution is 5.49. The summed E-state index contributed by atoms with van der Waals surface area (Å²) < 4.78 is 5.21. The summed E-state index contributed by atoms with van der Waals surface area (Å²) in [5.74, 6) is 0.920. The molecule has 0 radical (unpaired) electrons. The molecule has 2 N–H and O–H groups in total. The van der Waals surface area contributed by atoms with Gasteiger partial charge in [-0.25, -0.2) is 0 Å². The molecule has 2 aliphatic rings. The normalized spacial score (nSPS) is 22.4. The van der Waals surface area contributed by atoms with Gasteiger partial charge < -0.3 is 15.4 Å². The average Bonchev–Trinajstić information content (AvgIpc) is 2.48. The summed E-state index contributed by atoms with van der Waals surface area (Å²) in [5.41, 5.74) is 7.63. The van der Waals surface area contributed by atoms with Crippen molar-refractivity contribution in [1.29, 1.82) is 0 Å². The molecular formula is C16H25N3O. The fourth-order valence-electron chi connectivity index (χ4n) is 3.47. The number of rotatable bonds is 4. The summed E-state index contributed by atoms with van der Waals surface area (Å²) >= 11 is 0. The molecule has 1 saturated heterocycles. The zero-order chi connectivity index (χ0) is 14.0. The Bertz CT molecular complexity index is 428. The summed E-state index contributed by atoms with van der Waals surface area (Å²) in [6.45, 7) is 5.25. The van der Waals surface area contributed by atoms with Crippen LogP contribution in [0.15, 0.2) is 24.3 Å². The number of anilines is 1. The second kappa shape index (κ2) is 5.62. The molecule has 0 unspecified atom stereocenters. The molecule has 4 nitrogen and oxygen atoms in total. The van der Waals surface area contributed by atoms with Crippen LogP contribution < -0.4 is 15.4 Å². The standard InChI is InChI=1S/C16H25N3O/c1-20-15-5-3-14(4-6-15)18-9-11-19(12-10-18)16(13-17)7-2-8-16/h3-6H,2,7-13,17H2,1H3. The predicted octanol–water partition coefficient (Wildman–Crippen LogP) is 1.70. The van der Waals surface area contributed by atoms with E-state index in [-0.39, 0.29) is 0 Å². The minimum atomic E-state index is 0.325. The van der Waals surface area contributed by atoms with Crippen molar-refractivity contribution in [2.45, 2.75) is 24.8 Å². The van der Waals surface area contributed by atoms with Gasteiger partial charge in [-0.2, -0.15) is 0 Å². The first-order chi connectivity index (χ1) is 9.77. The highest BCUT2D eigenvalue weighted by Gasteiger charge is 2.42. The third-order valence-corrected chi connectivity index (χ3v) is 5.05. The lowest BCUT2D eigenvalue weighted by Crippen LogP contribution is -2.63. The molecule has 4 heteroatoms. The summed E-state index contributed by atoms with van der Waals surface area (Å²) in [5, 5.41) is 0. The highest BCUT2D eigenvalue weighted by Crippen LogP contribution is 2.37. The van der Waals surface area contributed by atoms with Gasteiger partial charge in [0.15, 0.2) is 0 Å². The maximum absolute atomic E-state index is 6.01. The van der Waals surface area contributed by atoms with Gasteiger partial charge in [-0.1, -0.05) is 0 Å². The van der Waals surface area contributed by atoms with Crippen molar-refractivity contribution < 1.29 is 4.74 Å². The second-order valence-corrected chi connectivity index (χ2v) is 5.95. The third-order valence-electron chi connectivity index (χ3n) is 5.05. The molecular weight excluding hydrogens is 250 g/mol. The van der Waals surface area contributed by atoms with E-state index < -0.39 is 0 Å². The van der Waals surface area contributed by atoms with Crippen molar-refractivity contribution in [1.82, 2.24) is 4.90 Å². The van der Waals surface area contributed by atoms with Gasteiger partial charge in [-0.3, -0.25) is 4.90 Å². The fourth-order valence-corrected chi connectivity index (χ4v) is 3.47. The fraction of sp³-hybridized carbons (Fsp3) is 0.625. The van der Waals surface area contributed by atoms with Gasteiger partial charge in [0.25, 0.3) is 0 Å². The van der Waals surface area contributed by atoms with Crippen molar-refractivity contribution in [2.24, 2.45) is 5.73 Å². The van der Waals surface area contributed by atoms with Crippen LogP contribution in [-0.4, -0.2) is 50.3 Å². The number of hydrogen-bond acceptors (Lipinski definition) is 4. The topological polar surface area (TPSA) is 41.7 Å². The van der Waals surface area contributed by atoms with E-state index in [0.29, 0.717) is 5.54 Å². The zero-order valence-electron chi connectivity index (χ0n) is 12.3. The number of methoxy groups -OCH3 is 1. The molecule has 1 heterocycles. The van der Waals surface area contributed by atoms with Crippen LogP contribution in [0.1, 0.15) is 19.3 Å². The van der Waals surface area contributed by atoms with Crippen molar-refractivity contribution in [3.05, 3.63) is 24.3 Å². The molecule has 0 spiro atoms. The van der Waals surface area contributed by atoms with E-state index in [9.17, 15) is 0 Å². The summed E-state index contributed by atoms with van der Waals surface area (Å²) in [7, 11) is 1.71. The van der Waals surface area contributed by atoms with Crippen LogP contribution in [0.25, 0.3) is 0 Å². The predicted molar refractivity (Wildman–Crippen MR) is 82.4 cm³/mol. The van der Waals surface area contributed by atoms with Crippen LogP contribution >= 0.6 is 0 Å². The first-order valence-corrected chi connectivity index (χ1v) is 7.61. The number of piperazine rings is 1. The molecule has 1 aromatic carbocycles. The van der Waals surface area contributed by atoms with Gasteiger partial charge in [0, 0.05) is 44.0 Å². The van der Waals surface area contributed by atoms with Crippen molar-refractivity contribution in [2.75, 3.05) is 44.7 Å². The van der Waals surface area contributed by atoms with E-state index in [2.05, 4.69) is 21.9 Å². The lowest BCUT2D eigenvalue weighted by atomic mass is 9.75. The first-order valence-electron chi connectivity index (χ1n) is 7.61. The molecule has 0 atom stereocenters. The Labute approximate surface area is 121 Å². The molecule has 20 heavy (non-hydrogen) atoms. The third kappa shape index (κ3) is 2.38. The van der Waals surface area contributed by atoms with Crippen LogP contribution in [0, 0.1) is 0 Å². The van der Waals surface area contributed by atoms with E-state index in [0.717, 1.165) is 38.5 Å². The van der Waals surface area contributed by atoms with E-state index in [1.54, 1.807) is 7.11 Å². The van der Waals surface area contributed by atoms with Gasteiger partial charge >= 0.3 is 0 Å². The average molecular weight is 275 g/mol. The van der Waals surface area contributed by atoms with Crippen molar-refractivity contribution in [3.8, 4) is 5.75 Å². The highest BCUT2D eigenvalue weighted by atomic mass is 16.5. The Kier molecular flexibility index (Phi) is 3.85. The zero-order valence-corrected chi connectivity index (χ0v) is 12.3. The molecule has 1 aromatic rings. The minimum Gasteiger partial charge on any atom is -0.497 e. The molecule has 3 rings (SSSR count). The van der Waals surface area contributed by atoms with Crippen LogP contribution in [-0.2, 0) is 0 Å². The van der Waals surface area contributed by atoms with Gasteiger partial charge in [0.1, 0.15) is 5.75 Å². The summed E-state index contributed by atoms with van der Waals surface area (Å²) in [4.78, 5) is 5.08. The summed E-state index contributed by atoms with van der Waals surface area (Å²) in [6, 6.07) is 8.37. The van der Waals surface area contributed by atoms with Crippen molar-refractivity contribution in [3.63, 3.8) is 0 Å². The summed E-state index contributed by atoms with van der Waals surface area (Å²) in [6.07, 6.45) is 3.91. The molecule has 0 amide bonds. The van der Waals surface area contributed by atoms with E-state index in [4.69, 9.17) is 10.5 Å². The Hall–Kier alpha value is -1.26. The lowest BCUT2D eigenvalue weighted by molar-refractivity contribution is 0.0192. The molecule has 2 fully saturated rings. The molecule has 110 valence electrons. The van der Waals surface area contributed by atoms with Gasteiger partial charge in [-0.15, -0.1) is 0 Å². The lowest BCUT2D eigenvalue weighted by Gasteiger charge is -2.52. The maximum Gasteiger partial charge on any atom is 0.119 e. The molecule has 1 aliphatic carbocycles. The first kappa shape index (κ1) is 13.7. The smallest absolute Gasteiger partial charge is 0.119 e. The Morgan fingerprint density at radius 2 is 1.75 bits per heavy atom. The van der Waals surface area contributed by atoms with Crippen LogP contribution in [0.3, 0.4) is 0 Å². The van der Waals surface area contributed by atoms with Gasteiger partial charge in [-0.05, 0) is 43.5 Å². The molecule has 0 aromatic heterocycles. The molecule has 0 bridgehead atoms. The van der Waals surface area contributed by atoms with Gasteiger partial charge in [0.2, 0.25) is 0 Å². The Balaban J connectivity index is 1.60. The molecule has 1 aliphatic heterocycles. The van der Waals surface area contributed by atoms with Crippen LogP contribution in [0.4, 0.5) is 5.69 Å². The van der Waals surface area contributed by atoms with Crippen LogP contribution in [0.5, 0.6) is 5.75 Å². The minimum absolute atomic E-state index is 0.325. The van der Waals surface area contributed by atoms with E-state index in [1.165, 1.54) is 24.9 Å². The second-order valence-electron chi connectivity index (χ2n) is 5.95. The Morgan fingerprint density at radius 1 is 1.10 bits per heavy atom. The maximum atomic E-state index is 6.01. The number of ether oxygens (including phenoxy) is 1. The van der Waals surface area contributed by atoms with Crippen molar-refractivity contribution >= 4 is 5.69 Å². The SMILES string of the molecule is COc1ccc(N2CCN(C3(CN)CCC3)CC2)cc1. The quantitative estimate of drug-likeness (QED) is 0.908. The monoisotopic (exact) mass is 275 g/mol. The number of nitrogens with two attached hydrogens (primary N) is 1. The Morgan fingerprint density at radius 3 is 2.20 bits per heavy atom. The van der Waals surface area contributed by atoms with E-state index >= 15 is 0 Å². The van der Waals surface area contributed by atoms with E-state index in [1.807, 2.05) is 12.1 Å². The number of benzene rings is 1. The number of hydrogen-bond donors (Lipinski definition) is 1. The largest absolute Gasteiger partial charge is 0.497 e.